The third kappa shape index (κ3) is 2.63. The number of H-pyrrole nitrogens is 1. The standard InChI is InChI=1S/C19H15N3O3/c1-25-17-9-12(3-5-16(17)23)11-2-4-13-14(10-18-20-6-7-21-18)19(24)22-15(13)8-11/h2-10,23H,1H3,(H,20,21)(H,22,24)/b14-10-. The van der Waals surface area contributed by atoms with E-state index >= 15 is 0 Å². The normalized spacial score (nSPS) is 14.4. The van der Waals surface area contributed by atoms with Crippen LogP contribution in [0.15, 0.2) is 48.8 Å². The first-order chi connectivity index (χ1) is 12.2. The first kappa shape index (κ1) is 15.0. The largest absolute Gasteiger partial charge is 0.504 e. The molecular formula is C19H15N3O3. The van der Waals surface area contributed by atoms with Crippen LogP contribution in [-0.2, 0) is 4.79 Å². The summed E-state index contributed by atoms with van der Waals surface area (Å²) >= 11 is 0. The lowest BCUT2D eigenvalue weighted by molar-refractivity contribution is -0.110. The molecule has 3 N–H and O–H groups in total. The van der Waals surface area contributed by atoms with Gasteiger partial charge in [-0.25, -0.2) is 4.98 Å². The Kier molecular flexibility index (Phi) is 3.50. The van der Waals surface area contributed by atoms with Crippen LogP contribution in [0.5, 0.6) is 11.5 Å². The number of anilines is 1. The molecule has 2 aromatic carbocycles. The molecule has 6 nitrogen and oxygen atoms in total. The van der Waals surface area contributed by atoms with E-state index < -0.39 is 0 Å². The Bertz CT molecular complexity index is 991. The summed E-state index contributed by atoms with van der Waals surface area (Å²) in [7, 11) is 1.51. The average molecular weight is 333 g/mol. The van der Waals surface area contributed by atoms with Gasteiger partial charge in [0.2, 0.25) is 0 Å². The molecule has 1 aliphatic heterocycles. The van der Waals surface area contributed by atoms with Crippen molar-refractivity contribution in [1.82, 2.24) is 9.97 Å². The van der Waals surface area contributed by atoms with Crippen LogP contribution < -0.4 is 10.1 Å². The van der Waals surface area contributed by atoms with Gasteiger partial charge >= 0.3 is 0 Å². The van der Waals surface area contributed by atoms with Gasteiger partial charge in [0, 0.05) is 23.6 Å². The first-order valence-corrected chi connectivity index (χ1v) is 7.70. The molecule has 0 fully saturated rings. The molecule has 0 aliphatic carbocycles. The van der Waals surface area contributed by atoms with E-state index in [2.05, 4.69) is 15.3 Å². The SMILES string of the molecule is COc1cc(-c2ccc3c(c2)NC(=O)/C3=C\c2ncc[nH]2)ccc1O. The fourth-order valence-corrected chi connectivity index (χ4v) is 2.87. The summed E-state index contributed by atoms with van der Waals surface area (Å²) in [6.45, 7) is 0. The number of ether oxygens (including phenoxy) is 1. The van der Waals surface area contributed by atoms with E-state index in [1.165, 1.54) is 7.11 Å². The lowest BCUT2D eigenvalue weighted by atomic mass is 10.00. The first-order valence-electron chi connectivity index (χ1n) is 7.70. The van der Waals surface area contributed by atoms with Crippen LogP contribution in [0, 0.1) is 0 Å². The highest BCUT2D eigenvalue weighted by Crippen LogP contribution is 2.37. The maximum absolute atomic E-state index is 12.3. The number of hydrogen-bond donors (Lipinski definition) is 3. The Labute approximate surface area is 143 Å². The fraction of sp³-hybridized carbons (Fsp3) is 0.0526. The molecule has 0 bridgehead atoms. The molecule has 25 heavy (non-hydrogen) atoms. The number of nitrogens with zero attached hydrogens (tertiary/aromatic N) is 1. The molecule has 0 saturated heterocycles. The van der Waals surface area contributed by atoms with E-state index in [9.17, 15) is 9.90 Å². The quantitative estimate of drug-likeness (QED) is 0.642. The van der Waals surface area contributed by atoms with E-state index in [1.54, 1.807) is 36.7 Å². The number of carbonyl (C=O) groups excluding carboxylic acids is 1. The lowest BCUT2D eigenvalue weighted by Gasteiger charge is -2.08. The number of hydrogen-bond acceptors (Lipinski definition) is 4. The summed E-state index contributed by atoms with van der Waals surface area (Å²) in [5.41, 5.74) is 3.94. The van der Waals surface area contributed by atoms with Crippen molar-refractivity contribution in [1.29, 1.82) is 0 Å². The number of amides is 1. The monoisotopic (exact) mass is 333 g/mol. The minimum atomic E-state index is -0.160. The van der Waals surface area contributed by atoms with Gasteiger partial charge in [0.15, 0.2) is 11.5 Å². The van der Waals surface area contributed by atoms with Gasteiger partial charge in [0.05, 0.1) is 12.7 Å². The van der Waals surface area contributed by atoms with Gasteiger partial charge in [-0.05, 0) is 35.4 Å². The van der Waals surface area contributed by atoms with Crippen molar-refractivity contribution in [3.05, 3.63) is 60.2 Å². The average Bonchev–Trinajstić information content (AvgIpc) is 3.23. The summed E-state index contributed by atoms with van der Waals surface area (Å²) in [6, 6.07) is 10.9. The molecule has 1 aromatic heterocycles. The van der Waals surface area contributed by atoms with Crippen LogP contribution in [0.4, 0.5) is 5.69 Å². The van der Waals surface area contributed by atoms with Crippen molar-refractivity contribution in [2.24, 2.45) is 0 Å². The Morgan fingerprint density at radius 2 is 1.96 bits per heavy atom. The molecule has 1 aliphatic rings. The predicted octanol–water partition coefficient (Wildman–Crippen LogP) is 3.28. The molecule has 0 atom stereocenters. The number of aromatic hydroxyl groups is 1. The molecule has 1 amide bonds. The number of methoxy groups -OCH3 is 1. The molecule has 0 radical (unpaired) electrons. The van der Waals surface area contributed by atoms with E-state index in [0.717, 1.165) is 22.4 Å². The number of benzene rings is 2. The van der Waals surface area contributed by atoms with Crippen LogP contribution in [-0.4, -0.2) is 28.1 Å². The molecule has 0 unspecified atom stereocenters. The van der Waals surface area contributed by atoms with Crippen LogP contribution in [0.2, 0.25) is 0 Å². The molecule has 2 heterocycles. The van der Waals surface area contributed by atoms with Crippen LogP contribution in [0.25, 0.3) is 22.8 Å². The van der Waals surface area contributed by atoms with Crippen molar-refractivity contribution in [2.75, 3.05) is 12.4 Å². The van der Waals surface area contributed by atoms with Gasteiger partial charge in [0.1, 0.15) is 5.82 Å². The number of aromatic amines is 1. The van der Waals surface area contributed by atoms with Crippen LogP contribution in [0.1, 0.15) is 11.4 Å². The topological polar surface area (TPSA) is 87.2 Å². The number of fused-ring (bicyclic) bond motifs is 1. The van der Waals surface area contributed by atoms with Crippen LogP contribution in [0.3, 0.4) is 0 Å². The Hall–Kier alpha value is -3.54. The molecular weight excluding hydrogens is 318 g/mol. The van der Waals surface area contributed by atoms with Gasteiger partial charge in [0.25, 0.3) is 5.91 Å². The number of carbonyl (C=O) groups is 1. The second-order valence-corrected chi connectivity index (χ2v) is 5.63. The number of phenols is 1. The Morgan fingerprint density at radius 3 is 2.72 bits per heavy atom. The third-order valence-corrected chi connectivity index (χ3v) is 4.12. The Morgan fingerprint density at radius 1 is 1.16 bits per heavy atom. The van der Waals surface area contributed by atoms with Crippen LogP contribution >= 0.6 is 0 Å². The Balaban J connectivity index is 1.75. The maximum atomic E-state index is 12.3. The highest BCUT2D eigenvalue weighted by atomic mass is 16.5. The van der Waals surface area contributed by atoms with E-state index in [4.69, 9.17) is 4.74 Å². The van der Waals surface area contributed by atoms with Crippen molar-refractivity contribution in [2.45, 2.75) is 0 Å². The lowest BCUT2D eigenvalue weighted by Crippen LogP contribution is -2.03. The molecule has 4 rings (SSSR count). The number of phenolic OH excluding ortho intramolecular Hbond substituents is 1. The molecule has 124 valence electrons. The molecule has 0 saturated carbocycles. The smallest absolute Gasteiger partial charge is 0.256 e. The summed E-state index contributed by atoms with van der Waals surface area (Å²) in [5, 5.41) is 12.6. The van der Waals surface area contributed by atoms with E-state index in [0.29, 0.717) is 17.1 Å². The highest BCUT2D eigenvalue weighted by molar-refractivity contribution is 6.34. The summed E-state index contributed by atoms with van der Waals surface area (Å²) in [4.78, 5) is 19.4. The number of imidazole rings is 1. The van der Waals surface area contributed by atoms with E-state index in [1.807, 2.05) is 18.2 Å². The van der Waals surface area contributed by atoms with E-state index in [-0.39, 0.29) is 11.7 Å². The zero-order chi connectivity index (χ0) is 17.4. The minimum Gasteiger partial charge on any atom is -0.504 e. The van der Waals surface area contributed by atoms with Gasteiger partial charge in [-0.15, -0.1) is 0 Å². The summed E-state index contributed by atoms with van der Waals surface area (Å²) in [6.07, 6.45) is 5.08. The van der Waals surface area contributed by atoms with Gasteiger partial charge in [-0.3, -0.25) is 4.79 Å². The predicted molar refractivity (Wildman–Crippen MR) is 95.2 cm³/mol. The number of aromatic nitrogens is 2. The second-order valence-electron chi connectivity index (χ2n) is 5.63. The molecule has 6 heteroatoms. The number of nitrogens with one attached hydrogen (secondary N) is 2. The second kappa shape index (κ2) is 5.83. The van der Waals surface area contributed by atoms with Gasteiger partial charge in [-0.2, -0.15) is 0 Å². The van der Waals surface area contributed by atoms with Crippen molar-refractivity contribution >= 4 is 23.2 Å². The molecule has 0 spiro atoms. The summed E-state index contributed by atoms with van der Waals surface area (Å²) < 4.78 is 5.15. The fourth-order valence-electron chi connectivity index (χ4n) is 2.87. The zero-order valence-corrected chi connectivity index (χ0v) is 13.4. The van der Waals surface area contributed by atoms with Gasteiger partial charge < -0.3 is 20.1 Å². The number of rotatable bonds is 3. The third-order valence-electron chi connectivity index (χ3n) is 4.12. The summed E-state index contributed by atoms with van der Waals surface area (Å²) in [5.74, 6) is 0.960. The van der Waals surface area contributed by atoms with Crippen molar-refractivity contribution < 1.29 is 14.6 Å². The highest BCUT2D eigenvalue weighted by Gasteiger charge is 2.24. The zero-order valence-electron chi connectivity index (χ0n) is 13.4. The van der Waals surface area contributed by atoms with Gasteiger partial charge in [-0.1, -0.05) is 18.2 Å². The molecule has 3 aromatic rings. The minimum absolute atomic E-state index is 0.0874. The van der Waals surface area contributed by atoms with Crippen molar-refractivity contribution in [3.8, 4) is 22.6 Å². The maximum Gasteiger partial charge on any atom is 0.256 e. The van der Waals surface area contributed by atoms with Crippen molar-refractivity contribution in [3.63, 3.8) is 0 Å².